The van der Waals surface area contributed by atoms with Gasteiger partial charge in [0.05, 0.1) is 25.4 Å². The Morgan fingerprint density at radius 1 is 0.958 bits per heavy atom. The molecule has 0 saturated carbocycles. The van der Waals surface area contributed by atoms with Gasteiger partial charge in [0.1, 0.15) is 0 Å². The Morgan fingerprint density at radius 3 is 2.33 bits per heavy atom. The molecule has 0 unspecified atom stereocenters. The number of hydrogen-bond acceptors (Lipinski definition) is 4. The van der Waals surface area contributed by atoms with E-state index in [0.717, 1.165) is 5.56 Å². The SMILES string of the molecule is C[C@H](NC(=O)CNC(=O)CNC(=O)c1ccco1)c1ccccc1. The van der Waals surface area contributed by atoms with Crippen molar-refractivity contribution in [2.45, 2.75) is 13.0 Å². The molecule has 0 radical (unpaired) electrons. The van der Waals surface area contributed by atoms with Gasteiger partial charge >= 0.3 is 0 Å². The van der Waals surface area contributed by atoms with Crippen LogP contribution in [-0.4, -0.2) is 30.8 Å². The first-order chi connectivity index (χ1) is 11.6. The van der Waals surface area contributed by atoms with Gasteiger partial charge < -0.3 is 20.4 Å². The third-order valence-corrected chi connectivity index (χ3v) is 3.28. The van der Waals surface area contributed by atoms with E-state index >= 15 is 0 Å². The van der Waals surface area contributed by atoms with E-state index in [1.165, 1.54) is 12.3 Å². The van der Waals surface area contributed by atoms with Gasteiger partial charge in [-0.05, 0) is 24.6 Å². The van der Waals surface area contributed by atoms with Crippen molar-refractivity contribution in [3.05, 3.63) is 60.1 Å². The highest BCUT2D eigenvalue weighted by molar-refractivity contribution is 5.94. The molecule has 0 aliphatic rings. The second-order valence-electron chi connectivity index (χ2n) is 5.14. The molecule has 7 nitrogen and oxygen atoms in total. The standard InChI is InChI=1S/C17H19N3O4/c1-12(13-6-3-2-4-7-13)20-16(22)11-18-15(21)10-19-17(23)14-8-5-9-24-14/h2-9,12H,10-11H2,1H3,(H,18,21)(H,19,23)(H,20,22)/t12-/m0/s1. The van der Waals surface area contributed by atoms with E-state index in [2.05, 4.69) is 16.0 Å². The van der Waals surface area contributed by atoms with Crippen molar-refractivity contribution in [3.63, 3.8) is 0 Å². The van der Waals surface area contributed by atoms with Crippen LogP contribution in [-0.2, 0) is 9.59 Å². The zero-order valence-corrected chi connectivity index (χ0v) is 13.2. The summed E-state index contributed by atoms with van der Waals surface area (Å²) in [6, 6.07) is 12.4. The zero-order chi connectivity index (χ0) is 17.4. The minimum absolute atomic E-state index is 0.122. The highest BCUT2D eigenvalue weighted by atomic mass is 16.3. The molecule has 1 atom stereocenters. The van der Waals surface area contributed by atoms with Gasteiger partial charge in [0.25, 0.3) is 5.91 Å². The molecule has 24 heavy (non-hydrogen) atoms. The summed E-state index contributed by atoms with van der Waals surface area (Å²) in [5, 5.41) is 7.63. The van der Waals surface area contributed by atoms with Crippen molar-refractivity contribution >= 4 is 17.7 Å². The predicted molar refractivity (Wildman–Crippen MR) is 87.1 cm³/mol. The van der Waals surface area contributed by atoms with Gasteiger partial charge in [0, 0.05) is 0 Å². The number of furan rings is 1. The number of nitrogens with one attached hydrogen (secondary N) is 3. The van der Waals surface area contributed by atoms with E-state index in [0.29, 0.717) is 0 Å². The highest BCUT2D eigenvalue weighted by Gasteiger charge is 2.12. The topological polar surface area (TPSA) is 100 Å². The van der Waals surface area contributed by atoms with Crippen LogP contribution in [0.3, 0.4) is 0 Å². The fraction of sp³-hybridized carbons (Fsp3) is 0.235. The van der Waals surface area contributed by atoms with Gasteiger partial charge in [0.2, 0.25) is 11.8 Å². The summed E-state index contributed by atoms with van der Waals surface area (Å²) in [4.78, 5) is 35.1. The van der Waals surface area contributed by atoms with Crippen molar-refractivity contribution in [1.29, 1.82) is 0 Å². The average molecular weight is 329 g/mol. The normalized spacial score (nSPS) is 11.4. The maximum absolute atomic E-state index is 11.8. The molecule has 126 valence electrons. The minimum Gasteiger partial charge on any atom is -0.459 e. The molecule has 2 aromatic rings. The second-order valence-corrected chi connectivity index (χ2v) is 5.14. The van der Waals surface area contributed by atoms with Crippen molar-refractivity contribution in [2.75, 3.05) is 13.1 Å². The van der Waals surface area contributed by atoms with Gasteiger partial charge in [-0.15, -0.1) is 0 Å². The van der Waals surface area contributed by atoms with Crippen molar-refractivity contribution < 1.29 is 18.8 Å². The van der Waals surface area contributed by atoms with Crippen LogP contribution < -0.4 is 16.0 Å². The van der Waals surface area contributed by atoms with Gasteiger partial charge in [0.15, 0.2) is 5.76 Å². The Bertz CT molecular complexity index is 683. The highest BCUT2D eigenvalue weighted by Crippen LogP contribution is 2.10. The third kappa shape index (κ3) is 5.28. The summed E-state index contributed by atoms with van der Waals surface area (Å²) < 4.78 is 4.90. The Labute approximate surface area is 139 Å². The molecule has 3 amide bonds. The summed E-state index contributed by atoms with van der Waals surface area (Å²) >= 11 is 0. The van der Waals surface area contributed by atoms with E-state index in [4.69, 9.17) is 4.42 Å². The van der Waals surface area contributed by atoms with Crippen LogP contribution in [0.25, 0.3) is 0 Å². The number of hydrogen-bond donors (Lipinski definition) is 3. The first-order valence-corrected chi connectivity index (χ1v) is 7.49. The summed E-state index contributed by atoms with van der Waals surface area (Å²) in [6.45, 7) is 1.46. The minimum atomic E-state index is -0.489. The van der Waals surface area contributed by atoms with Gasteiger partial charge in [-0.2, -0.15) is 0 Å². The van der Waals surface area contributed by atoms with Crippen molar-refractivity contribution in [1.82, 2.24) is 16.0 Å². The summed E-state index contributed by atoms with van der Waals surface area (Å²) in [6.07, 6.45) is 1.37. The lowest BCUT2D eigenvalue weighted by Gasteiger charge is -2.14. The van der Waals surface area contributed by atoms with Crippen LogP contribution >= 0.6 is 0 Å². The summed E-state index contributed by atoms with van der Waals surface area (Å²) in [7, 11) is 0. The Balaban J connectivity index is 1.67. The first kappa shape index (κ1) is 17.3. The molecular weight excluding hydrogens is 310 g/mol. The molecule has 0 spiro atoms. The number of rotatable bonds is 7. The smallest absolute Gasteiger partial charge is 0.287 e. The Morgan fingerprint density at radius 2 is 1.67 bits per heavy atom. The second kappa shape index (κ2) is 8.52. The number of amides is 3. The monoisotopic (exact) mass is 329 g/mol. The summed E-state index contributed by atoms with van der Waals surface area (Å²) in [5.41, 5.74) is 0.975. The van der Waals surface area contributed by atoms with Crippen molar-refractivity contribution in [2.24, 2.45) is 0 Å². The molecule has 7 heteroatoms. The predicted octanol–water partition coefficient (Wildman–Crippen LogP) is 1.00. The molecule has 0 bridgehead atoms. The van der Waals surface area contributed by atoms with Crippen molar-refractivity contribution in [3.8, 4) is 0 Å². The lowest BCUT2D eigenvalue weighted by molar-refractivity contribution is -0.125. The largest absolute Gasteiger partial charge is 0.459 e. The van der Waals surface area contributed by atoms with Crippen LogP contribution in [0, 0.1) is 0 Å². The van der Waals surface area contributed by atoms with Crippen LogP contribution in [0.15, 0.2) is 53.1 Å². The Kier molecular flexibility index (Phi) is 6.13. The summed E-state index contributed by atoms with van der Waals surface area (Å²) in [5.74, 6) is -1.14. The lowest BCUT2D eigenvalue weighted by Crippen LogP contribution is -2.42. The molecule has 1 heterocycles. The van der Waals surface area contributed by atoms with Crippen LogP contribution in [0.5, 0.6) is 0 Å². The molecular formula is C17H19N3O4. The average Bonchev–Trinajstić information content (AvgIpc) is 3.13. The van der Waals surface area contributed by atoms with Crippen LogP contribution in [0.4, 0.5) is 0 Å². The fourth-order valence-corrected chi connectivity index (χ4v) is 2.01. The molecule has 0 saturated heterocycles. The zero-order valence-electron chi connectivity index (χ0n) is 13.2. The van der Waals surface area contributed by atoms with E-state index in [9.17, 15) is 14.4 Å². The fourth-order valence-electron chi connectivity index (χ4n) is 2.01. The van der Waals surface area contributed by atoms with Gasteiger partial charge in [-0.1, -0.05) is 30.3 Å². The Hall–Kier alpha value is -3.09. The molecule has 1 aromatic heterocycles. The molecule has 2 rings (SSSR count). The van der Waals surface area contributed by atoms with Crippen LogP contribution in [0.2, 0.25) is 0 Å². The third-order valence-electron chi connectivity index (χ3n) is 3.28. The molecule has 0 aliphatic heterocycles. The molecule has 0 aliphatic carbocycles. The van der Waals surface area contributed by atoms with Crippen LogP contribution in [0.1, 0.15) is 29.1 Å². The maximum atomic E-state index is 11.8. The van der Waals surface area contributed by atoms with Gasteiger partial charge in [-0.3, -0.25) is 14.4 Å². The van der Waals surface area contributed by atoms with E-state index < -0.39 is 11.8 Å². The first-order valence-electron chi connectivity index (χ1n) is 7.49. The van der Waals surface area contributed by atoms with Gasteiger partial charge in [-0.25, -0.2) is 0 Å². The maximum Gasteiger partial charge on any atom is 0.287 e. The number of carbonyl (C=O) groups excluding carboxylic acids is 3. The number of benzene rings is 1. The lowest BCUT2D eigenvalue weighted by atomic mass is 10.1. The van der Waals surface area contributed by atoms with E-state index in [-0.39, 0.29) is 30.8 Å². The molecule has 0 fully saturated rings. The quantitative estimate of drug-likeness (QED) is 0.705. The molecule has 3 N–H and O–H groups in total. The van der Waals surface area contributed by atoms with E-state index in [1.54, 1.807) is 6.07 Å². The molecule has 1 aromatic carbocycles. The van der Waals surface area contributed by atoms with E-state index in [1.807, 2.05) is 37.3 Å². The number of carbonyl (C=O) groups is 3.